The van der Waals surface area contributed by atoms with Crippen LogP contribution in [0.25, 0.3) is 17.2 Å². The molecule has 0 saturated heterocycles. The molecule has 1 aliphatic rings. The summed E-state index contributed by atoms with van der Waals surface area (Å²) in [6, 6.07) is 31.5. The van der Waals surface area contributed by atoms with E-state index in [0.717, 1.165) is 27.8 Å². The Morgan fingerprint density at radius 3 is 2.31 bits per heavy atom. The van der Waals surface area contributed by atoms with E-state index in [1.54, 1.807) is 13.2 Å². The van der Waals surface area contributed by atoms with E-state index in [2.05, 4.69) is 23.2 Å². The highest BCUT2D eigenvalue weighted by Gasteiger charge is 2.24. The van der Waals surface area contributed by atoms with Crippen molar-refractivity contribution in [2.45, 2.75) is 13.5 Å². The van der Waals surface area contributed by atoms with Crippen LogP contribution in [0.3, 0.4) is 0 Å². The van der Waals surface area contributed by atoms with Gasteiger partial charge in [-0.15, -0.1) is 0 Å². The Morgan fingerprint density at radius 1 is 0.806 bits per heavy atom. The number of rotatable bonds is 7. The molecule has 1 heterocycles. The number of cyclic esters (lactones) is 1. The molecular formula is C31H25NO4. The highest BCUT2D eigenvalue weighted by atomic mass is 16.6. The minimum absolute atomic E-state index is 0.229. The molecule has 0 fully saturated rings. The summed E-state index contributed by atoms with van der Waals surface area (Å²) in [6.07, 6.45) is 1.68. The van der Waals surface area contributed by atoms with Gasteiger partial charge in [-0.1, -0.05) is 78.4 Å². The third-order valence-corrected chi connectivity index (χ3v) is 5.83. The SMILES string of the molecule is COc1cc(/C=C2\N=C(c3ccc(-c4ccccc4)cc3)OC2=O)ccc1OCc1cccc(C)c1. The zero-order valence-corrected chi connectivity index (χ0v) is 20.1. The van der Waals surface area contributed by atoms with Gasteiger partial charge in [-0.2, -0.15) is 0 Å². The second-order valence-corrected chi connectivity index (χ2v) is 8.47. The number of carbonyl (C=O) groups is 1. The molecule has 0 spiro atoms. The first-order valence-corrected chi connectivity index (χ1v) is 11.6. The van der Waals surface area contributed by atoms with Gasteiger partial charge in [0.05, 0.1) is 7.11 Å². The fourth-order valence-corrected chi connectivity index (χ4v) is 3.98. The number of benzene rings is 4. The zero-order chi connectivity index (χ0) is 24.9. The highest BCUT2D eigenvalue weighted by molar-refractivity contribution is 6.13. The molecule has 0 amide bonds. The maximum atomic E-state index is 12.5. The summed E-state index contributed by atoms with van der Waals surface area (Å²) in [7, 11) is 1.59. The van der Waals surface area contributed by atoms with Gasteiger partial charge in [0.15, 0.2) is 17.2 Å². The summed E-state index contributed by atoms with van der Waals surface area (Å²) >= 11 is 0. The van der Waals surface area contributed by atoms with Gasteiger partial charge in [0.25, 0.3) is 0 Å². The predicted molar refractivity (Wildman–Crippen MR) is 141 cm³/mol. The van der Waals surface area contributed by atoms with Crippen molar-refractivity contribution < 1.29 is 19.0 Å². The molecule has 4 aromatic rings. The van der Waals surface area contributed by atoms with Crippen LogP contribution in [0.1, 0.15) is 22.3 Å². The molecule has 5 nitrogen and oxygen atoms in total. The largest absolute Gasteiger partial charge is 0.493 e. The maximum Gasteiger partial charge on any atom is 0.363 e. The smallest absolute Gasteiger partial charge is 0.363 e. The van der Waals surface area contributed by atoms with E-state index in [0.29, 0.717) is 18.1 Å². The van der Waals surface area contributed by atoms with Gasteiger partial charge < -0.3 is 14.2 Å². The summed E-state index contributed by atoms with van der Waals surface area (Å²) in [5.41, 5.74) is 6.19. The van der Waals surface area contributed by atoms with Crippen molar-refractivity contribution in [3.63, 3.8) is 0 Å². The molecule has 5 heteroatoms. The molecule has 5 rings (SSSR count). The zero-order valence-electron chi connectivity index (χ0n) is 20.1. The minimum atomic E-state index is -0.490. The Hall–Kier alpha value is -4.64. The third kappa shape index (κ3) is 5.20. The van der Waals surface area contributed by atoms with Crippen LogP contribution in [-0.4, -0.2) is 19.0 Å². The van der Waals surface area contributed by atoms with E-state index in [1.807, 2.05) is 85.8 Å². The molecule has 4 aromatic carbocycles. The summed E-state index contributed by atoms with van der Waals surface area (Å²) < 4.78 is 16.9. The molecule has 0 aromatic heterocycles. The fourth-order valence-electron chi connectivity index (χ4n) is 3.98. The van der Waals surface area contributed by atoms with E-state index in [9.17, 15) is 4.79 Å². The molecule has 0 bridgehead atoms. The van der Waals surface area contributed by atoms with Crippen LogP contribution in [0.15, 0.2) is 108 Å². The molecule has 178 valence electrons. The molecule has 0 saturated carbocycles. The van der Waals surface area contributed by atoms with Crippen LogP contribution in [-0.2, 0) is 16.1 Å². The van der Waals surface area contributed by atoms with Gasteiger partial charge in [0.1, 0.15) is 6.61 Å². The fraction of sp³-hybridized carbons (Fsp3) is 0.0968. The lowest BCUT2D eigenvalue weighted by Gasteiger charge is -2.12. The highest BCUT2D eigenvalue weighted by Crippen LogP contribution is 2.31. The van der Waals surface area contributed by atoms with Gasteiger partial charge in [-0.05, 0) is 59.5 Å². The molecule has 36 heavy (non-hydrogen) atoms. The lowest BCUT2D eigenvalue weighted by molar-refractivity contribution is -0.129. The number of hydrogen-bond donors (Lipinski definition) is 0. The summed E-state index contributed by atoms with van der Waals surface area (Å²) in [4.78, 5) is 16.9. The Kier molecular flexibility index (Phi) is 6.63. The van der Waals surface area contributed by atoms with E-state index in [1.165, 1.54) is 5.56 Å². The van der Waals surface area contributed by atoms with E-state index >= 15 is 0 Å². The van der Waals surface area contributed by atoms with Crippen molar-refractivity contribution in [1.29, 1.82) is 0 Å². The van der Waals surface area contributed by atoms with Gasteiger partial charge in [0.2, 0.25) is 5.90 Å². The lowest BCUT2D eigenvalue weighted by atomic mass is 10.0. The van der Waals surface area contributed by atoms with Crippen molar-refractivity contribution in [3.05, 3.63) is 125 Å². The second kappa shape index (κ2) is 10.3. The first kappa shape index (κ1) is 23.1. The van der Waals surface area contributed by atoms with Crippen molar-refractivity contribution in [2.75, 3.05) is 7.11 Å². The van der Waals surface area contributed by atoms with Gasteiger partial charge in [-0.3, -0.25) is 0 Å². The monoisotopic (exact) mass is 475 g/mol. The predicted octanol–water partition coefficient (Wildman–Crippen LogP) is 6.59. The quantitative estimate of drug-likeness (QED) is 0.223. The van der Waals surface area contributed by atoms with Crippen LogP contribution in [0.4, 0.5) is 0 Å². The number of aryl methyl sites for hydroxylation is 1. The van der Waals surface area contributed by atoms with Crippen LogP contribution in [0.5, 0.6) is 11.5 Å². The Labute approximate surface area is 210 Å². The Balaban J connectivity index is 1.33. The number of carbonyl (C=O) groups excluding carboxylic acids is 1. The number of esters is 1. The molecule has 1 aliphatic heterocycles. The Morgan fingerprint density at radius 2 is 1.56 bits per heavy atom. The minimum Gasteiger partial charge on any atom is -0.493 e. The van der Waals surface area contributed by atoms with Crippen molar-refractivity contribution >= 4 is 17.9 Å². The summed E-state index contributed by atoms with van der Waals surface area (Å²) in [5.74, 6) is 0.994. The van der Waals surface area contributed by atoms with Crippen LogP contribution in [0, 0.1) is 6.92 Å². The number of nitrogens with zero attached hydrogens (tertiary/aromatic N) is 1. The second-order valence-electron chi connectivity index (χ2n) is 8.47. The molecule has 0 atom stereocenters. The van der Waals surface area contributed by atoms with E-state index in [-0.39, 0.29) is 11.6 Å². The standard InChI is InChI=1S/C31H25NO4/c1-21-7-6-8-23(17-21)20-35-28-16-11-22(19-29(28)34-2)18-27-31(33)36-30(32-27)26-14-12-25(13-15-26)24-9-4-3-5-10-24/h3-19H,20H2,1-2H3/b27-18-. The average molecular weight is 476 g/mol. The molecule has 0 aliphatic carbocycles. The third-order valence-electron chi connectivity index (χ3n) is 5.83. The van der Waals surface area contributed by atoms with Crippen LogP contribution < -0.4 is 9.47 Å². The molecule has 0 radical (unpaired) electrons. The lowest BCUT2D eigenvalue weighted by Crippen LogP contribution is -2.05. The molecule has 0 unspecified atom stereocenters. The van der Waals surface area contributed by atoms with Gasteiger partial charge >= 0.3 is 5.97 Å². The van der Waals surface area contributed by atoms with Crippen molar-refractivity contribution in [2.24, 2.45) is 4.99 Å². The molecule has 0 N–H and O–H groups in total. The first-order valence-electron chi connectivity index (χ1n) is 11.6. The van der Waals surface area contributed by atoms with E-state index < -0.39 is 5.97 Å². The number of ether oxygens (including phenoxy) is 3. The van der Waals surface area contributed by atoms with Crippen molar-refractivity contribution in [3.8, 4) is 22.6 Å². The summed E-state index contributed by atoms with van der Waals surface area (Å²) in [5, 5.41) is 0. The average Bonchev–Trinajstić information content (AvgIpc) is 3.28. The van der Waals surface area contributed by atoms with Crippen LogP contribution >= 0.6 is 0 Å². The van der Waals surface area contributed by atoms with Crippen molar-refractivity contribution in [1.82, 2.24) is 0 Å². The Bertz CT molecular complexity index is 1450. The van der Waals surface area contributed by atoms with Crippen LogP contribution in [0.2, 0.25) is 0 Å². The normalized spacial score (nSPS) is 13.9. The maximum absolute atomic E-state index is 12.5. The molecular weight excluding hydrogens is 450 g/mol. The summed E-state index contributed by atoms with van der Waals surface area (Å²) in [6.45, 7) is 2.48. The van der Waals surface area contributed by atoms with Gasteiger partial charge in [-0.25, -0.2) is 9.79 Å². The van der Waals surface area contributed by atoms with Gasteiger partial charge in [0, 0.05) is 5.56 Å². The number of aliphatic imine (C=N–C) groups is 1. The van der Waals surface area contributed by atoms with E-state index in [4.69, 9.17) is 14.2 Å². The first-order chi connectivity index (χ1) is 17.6. The topological polar surface area (TPSA) is 57.1 Å². The number of hydrogen-bond acceptors (Lipinski definition) is 5. The number of methoxy groups -OCH3 is 1.